The van der Waals surface area contributed by atoms with Crippen LogP contribution in [0.1, 0.15) is 36.8 Å². The largest absolute Gasteiger partial charge is 0.504 e. The Balaban J connectivity index is 1.36. The first-order valence-corrected chi connectivity index (χ1v) is 9.53. The van der Waals surface area contributed by atoms with Crippen molar-refractivity contribution in [2.45, 2.75) is 49.7 Å². The fourth-order valence-electron chi connectivity index (χ4n) is 5.36. The minimum Gasteiger partial charge on any atom is -0.504 e. The molecule has 1 spiro atoms. The van der Waals surface area contributed by atoms with E-state index in [2.05, 4.69) is 41.3 Å². The van der Waals surface area contributed by atoms with Gasteiger partial charge in [0.05, 0.1) is 0 Å². The molecule has 1 aliphatic carbocycles. The first kappa shape index (κ1) is 15.3. The zero-order valence-corrected chi connectivity index (χ0v) is 14.5. The van der Waals surface area contributed by atoms with Gasteiger partial charge in [0.1, 0.15) is 6.10 Å². The fourth-order valence-corrected chi connectivity index (χ4v) is 5.36. The van der Waals surface area contributed by atoms with Gasteiger partial charge in [-0.25, -0.2) is 0 Å². The van der Waals surface area contributed by atoms with Crippen molar-refractivity contribution in [3.63, 3.8) is 0 Å². The number of benzene rings is 2. The second-order valence-corrected chi connectivity index (χ2v) is 7.87. The van der Waals surface area contributed by atoms with Crippen LogP contribution in [0.5, 0.6) is 11.5 Å². The highest BCUT2D eigenvalue weighted by molar-refractivity contribution is 5.54. The lowest BCUT2D eigenvalue weighted by molar-refractivity contribution is -0.00615. The molecule has 25 heavy (non-hydrogen) atoms. The van der Waals surface area contributed by atoms with Crippen LogP contribution in [0.4, 0.5) is 0 Å². The molecule has 130 valence electrons. The molecule has 2 aromatic rings. The zero-order chi connectivity index (χ0) is 16.9. The van der Waals surface area contributed by atoms with Crippen LogP contribution < -0.4 is 4.74 Å². The predicted octanol–water partition coefficient (Wildman–Crippen LogP) is 3.89. The topological polar surface area (TPSA) is 32.7 Å². The quantitative estimate of drug-likeness (QED) is 0.923. The molecule has 2 aliphatic heterocycles. The molecule has 0 unspecified atom stereocenters. The van der Waals surface area contributed by atoms with Crippen molar-refractivity contribution < 1.29 is 9.84 Å². The Morgan fingerprint density at radius 2 is 1.96 bits per heavy atom. The van der Waals surface area contributed by atoms with Crippen molar-refractivity contribution in [1.29, 1.82) is 0 Å². The summed E-state index contributed by atoms with van der Waals surface area (Å²) in [4.78, 5) is 2.69. The first-order valence-electron chi connectivity index (χ1n) is 9.53. The van der Waals surface area contributed by atoms with Crippen LogP contribution in [0, 0.1) is 0 Å². The Bertz CT molecular complexity index is 775. The van der Waals surface area contributed by atoms with E-state index in [0.29, 0.717) is 11.8 Å². The molecule has 3 heteroatoms. The Morgan fingerprint density at radius 1 is 1.08 bits per heavy atom. The van der Waals surface area contributed by atoms with E-state index >= 15 is 0 Å². The number of fused-ring (bicyclic) bond motifs is 2. The highest BCUT2D eigenvalue weighted by Gasteiger charge is 2.55. The van der Waals surface area contributed by atoms with Crippen molar-refractivity contribution in [1.82, 2.24) is 4.90 Å². The molecular weight excluding hydrogens is 310 g/mol. The van der Waals surface area contributed by atoms with Gasteiger partial charge in [-0.05, 0) is 50.3 Å². The van der Waals surface area contributed by atoms with Crippen LogP contribution >= 0.6 is 0 Å². The minimum absolute atomic E-state index is 0.125. The lowest BCUT2D eigenvalue weighted by Crippen LogP contribution is -2.57. The molecule has 3 nitrogen and oxygen atoms in total. The van der Waals surface area contributed by atoms with Crippen LogP contribution in [0.15, 0.2) is 48.5 Å². The Hall–Kier alpha value is -2.00. The number of phenols is 1. The fraction of sp³-hybridized carbons (Fsp3) is 0.455. The number of rotatable bonds is 3. The van der Waals surface area contributed by atoms with Gasteiger partial charge in [-0.2, -0.15) is 0 Å². The van der Waals surface area contributed by atoms with E-state index in [1.807, 2.05) is 6.07 Å². The van der Waals surface area contributed by atoms with E-state index in [9.17, 15) is 5.11 Å². The number of aromatic hydroxyl groups is 1. The van der Waals surface area contributed by atoms with E-state index in [0.717, 1.165) is 38.1 Å². The monoisotopic (exact) mass is 335 g/mol. The highest BCUT2D eigenvalue weighted by atomic mass is 16.5. The van der Waals surface area contributed by atoms with Crippen LogP contribution in [0.25, 0.3) is 0 Å². The molecule has 3 atom stereocenters. The summed E-state index contributed by atoms with van der Waals surface area (Å²) in [6.45, 7) is 2.27. The van der Waals surface area contributed by atoms with E-state index in [-0.39, 0.29) is 11.5 Å². The van der Waals surface area contributed by atoms with Crippen LogP contribution in [0.2, 0.25) is 0 Å². The van der Waals surface area contributed by atoms with Gasteiger partial charge in [0.25, 0.3) is 0 Å². The van der Waals surface area contributed by atoms with Gasteiger partial charge >= 0.3 is 0 Å². The molecule has 0 amide bonds. The zero-order valence-electron chi connectivity index (χ0n) is 14.5. The first-order chi connectivity index (χ1) is 12.3. The predicted molar refractivity (Wildman–Crippen MR) is 98.2 cm³/mol. The highest BCUT2D eigenvalue weighted by Crippen LogP contribution is 2.57. The number of nitrogens with zero attached hydrogens (tertiary/aromatic N) is 1. The molecule has 2 bridgehead atoms. The second kappa shape index (κ2) is 5.77. The van der Waals surface area contributed by atoms with Crippen molar-refractivity contribution in [3.8, 4) is 11.5 Å². The van der Waals surface area contributed by atoms with Gasteiger partial charge in [0, 0.05) is 23.6 Å². The number of ether oxygens (including phenoxy) is 1. The van der Waals surface area contributed by atoms with Crippen molar-refractivity contribution in [2.75, 3.05) is 13.1 Å². The summed E-state index contributed by atoms with van der Waals surface area (Å²) in [6, 6.07) is 17.3. The minimum atomic E-state index is 0.125. The number of hydrogen-bond acceptors (Lipinski definition) is 3. The summed E-state index contributed by atoms with van der Waals surface area (Å²) < 4.78 is 6.21. The third-order valence-electron chi connectivity index (χ3n) is 6.66. The van der Waals surface area contributed by atoms with E-state index in [1.165, 1.54) is 24.0 Å². The summed E-state index contributed by atoms with van der Waals surface area (Å²) in [5.41, 5.74) is 2.81. The summed E-state index contributed by atoms with van der Waals surface area (Å²) in [5.74, 6) is 1.07. The number of para-hydroxylation sites is 1. The molecule has 1 saturated carbocycles. The molecule has 0 radical (unpaired) electrons. The Kier molecular flexibility index (Phi) is 3.53. The maximum Gasteiger partial charge on any atom is 0.165 e. The molecule has 2 heterocycles. The molecular formula is C22H25NO2. The van der Waals surface area contributed by atoms with Crippen LogP contribution in [-0.2, 0) is 11.8 Å². The van der Waals surface area contributed by atoms with Gasteiger partial charge < -0.3 is 9.84 Å². The summed E-state index contributed by atoms with van der Waals surface area (Å²) in [5, 5.41) is 10.2. The second-order valence-electron chi connectivity index (χ2n) is 7.87. The Labute approximate surface area is 149 Å². The molecule has 2 fully saturated rings. The van der Waals surface area contributed by atoms with Crippen molar-refractivity contribution in [2.24, 2.45) is 0 Å². The Morgan fingerprint density at radius 3 is 2.84 bits per heavy atom. The molecule has 2 aromatic carbocycles. The van der Waals surface area contributed by atoms with Gasteiger partial charge in [0.2, 0.25) is 0 Å². The lowest BCUT2D eigenvalue weighted by atomic mass is 9.62. The molecule has 5 rings (SSSR count). The van der Waals surface area contributed by atoms with Crippen molar-refractivity contribution >= 4 is 0 Å². The third kappa shape index (κ3) is 2.36. The number of hydrogen-bond donors (Lipinski definition) is 1. The molecule has 0 aromatic heterocycles. The average Bonchev–Trinajstić information content (AvgIpc) is 2.96. The molecule has 3 aliphatic rings. The number of likely N-dealkylation sites (tertiary alicyclic amines) is 1. The maximum atomic E-state index is 10.2. The van der Waals surface area contributed by atoms with Gasteiger partial charge in [0.15, 0.2) is 11.5 Å². The summed E-state index contributed by atoms with van der Waals surface area (Å²) in [7, 11) is 0. The standard InChI is InChI=1S/C22H25NO2/c24-19-8-4-7-18-21(19)25-20-10-9-17-15-22(18,20)12-14-23(17)13-11-16-5-2-1-3-6-16/h1-8,17,20,24H,9-15H2/t17-,20+,22-/m0/s1. The van der Waals surface area contributed by atoms with Crippen LogP contribution in [0.3, 0.4) is 0 Å². The van der Waals surface area contributed by atoms with Gasteiger partial charge in [-0.1, -0.05) is 42.5 Å². The normalized spacial score (nSPS) is 30.4. The SMILES string of the molecule is Oc1cccc2c1O[C@@H]1CC[C@H]3C[C@@]21CCN3CCc1ccccc1. The molecule has 1 N–H and O–H groups in total. The maximum absolute atomic E-state index is 10.2. The van der Waals surface area contributed by atoms with Gasteiger partial charge in [-0.15, -0.1) is 0 Å². The van der Waals surface area contributed by atoms with Gasteiger partial charge in [-0.3, -0.25) is 4.90 Å². The number of piperidine rings is 1. The van der Waals surface area contributed by atoms with Crippen molar-refractivity contribution in [3.05, 3.63) is 59.7 Å². The average molecular weight is 335 g/mol. The van der Waals surface area contributed by atoms with Crippen LogP contribution in [-0.4, -0.2) is 35.2 Å². The lowest BCUT2D eigenvalue weighted by Gasteiger charge is -2.51. The third-order valence-corrected chi connectivity index (χ3v) is 6.66. The van der Waals surface area contributed by atoms with E-state index in [1.54, 1.807) is 6.07 Å². The summed E-state index contributed by atoms with van der Waals surface area (Å²) in [6.07, 6.45) is 5.99. The number of phenolic OH excluding ortho intramolecular Hbond substituents is 1. The van der Waals surface area contributed by atoms with E-state index < -0.39 is 0 Å². The summed E-state index contributed by atoms with van der Waals surface area (Å²) >= 11 is 0. The van der Waals surface area contributed by atoms with E-state index in [4.69, 9.17) is 4.74 Å². The smallest absolute Gasteiger partial charge is 0.165 e. The molecule has 1 saturated heterocycles.